The first-order valence-electron chi connectivity index (χ1n) is 6.09. The summed E-state index contributed by atoms with van der Waals surface area (Å²) in [6.45, 7) is 1.38. The second kappa shape index (κ2) is 6.06. The first-order valence-corrected chi connectivity index (χ1v) is 6.09. The molecule has 0 bridgehead atoms. The number of nitrogens with two attached hydrogens (primary N) is 1. The van der Waals surface area contributed by atoms with Gasteiger partial charge in [0.2, 0.25) is 0 Å². The Kier molecular flexibility index (Phi) is 4.20. The minimum atomic E-state index is -0.451. The number of ether oxygens (including phenoxy) is 1. The van der Waals surface area contributed by atoms with E-state index >= 15 is 0 Å². The molecular weight excluding hydrogens is 259 g/mol. The SMILES string of the molecule is Cc1cccc(OCC(=O)Nc2ccc(N)cc2)c1F. The normalized spacial score (nSPS) is 10.1. The molecule has 0 saturated carbocycles. The van der Waals surface area contributed by atoms with Crippen molar-refractivity contribution in [3.8, 4) is 5.75 Å². The van der Waals surface area contributed by atoms with Gasteiger partial charge in [0.1, 0.15) is 0 Å². The summed E-state index contributed by atoms with van der Waals surface area (Å²) in [5.74, 6) is -0.749. The fourth-order valence-corrected chi connectivity index (χ4v) is 1.64. The molecule has 20 heavy (non-hydrogen) atoms. The minimum Gasteiger partial charge on any atom is -0.481 e. The second-order valence-corrected chi connectivity index (χ2v) is 4.35. The molecule has 2 aromatic rings. The van der Waals surface area contributed by atoms with E-state index in [0.29, 0.717) is 16.9 Å². The topological polar surface area (TPSA) is 64.3 Å². The van der Waals surface area contributed by atoms with Crippen molar-refractivity contribution in [2.24, 2.45) is 0 Å². The predicted molar refractivity (Wildman–Crippen MR) is 76.1 cm³/mol. The van der Waals surface area contributed by atoms with Gasteiger partial charge in [0.25, 0.3) is 5.91 Å². The number of nitrogens with one attached hydrogen (secondary N) is 1. The number of amides is 1. The summed E-state index contributed by atoms with van der Waals surface area (Å²) in [4.78, 5) is 11.7. The third-order valence-electron chi connectivity index (χ3n) is 2.71. The van der Waals surface area contributed by atoms with Crippen LogP contribution < -0.4 is 15.8 Å². The van der Waals surface area contributed by atoms with Crippen LogP contribution in [-0.4, -0.2) is 12.5 Å². The highest BCUT2D eigenvalue weighted by atomic mass is 19.1. The molecule has 4 nitrogen and oxygen atoms in total. The van der Waals surface area contributed by atoms with Crippen LogP contribution in [0.3, 0.4) is 0 Å². The number of nitrogen functional groups attached to an aromatic ring is 1. The van der Waals surface area contributed by atoms with Crippen molar-refractivity contribution >= 4 is 17.3 Å². The lowest BCUT2D eigenvalue weighted by atomic mass is 10.2. The zero-order chi connectivity index (χ0) is 14.5. The van der Waals surface area contributed by atoms with Crippen molar-refractivity contribution in [3.63, 3.8) is 0 Å². The van der Waals surface area contributed by atoms with Crippen molar-refractivity contribution in [2.75, 3.05) is 17.7 Å². The predicted octanol–water partition coefficient (Wildman–Crippen LogP) is 2.73. The van der Waals surface area contributed by atoms with Crippen molar-refractivity contribution in [2.45, 2.75) is 6.92 Å². The van der Waals surface area contributed by atoms with Gasteiger partial charge in [0, 0.05) is 11.4 Å². The molecule has 0 heterocycles. The molecule has 2 aromatic carbocycles. The lowest BCUT2D eigenvalue weighted by Crippen LogP contribution is -2.20. The van der Waals surface area contributed by atoms with Crippen LogP contribution in [0, 0.1) is 12.7 Å². The highest BCUT2D eigenvalue weighted by molar-refractivity contribution is 5.92. The number of rotatable bonds is 4. The Morgan fingerprint density at radius 3 is 2.65 bits per heavy atom. The lowest BCUT2D eigenvalue weighted by Gasteiger charge is -2.09. The molecule has 0 saturated heterocycles. The third kappa shape index (κ3) is 3.47. The Morgan fingerprint density at radius 2 is 1.95 bits per heavy atom. The molecule has 104 valence electrons. The molecule has 0 radical (unpaired) electrons. The molecule has 1 amide bonds. The van der Waals surface area contributed by atoms with Crippen molar-refractivity contribution in [1.82, 2.24) is 0 Å². The molecule has 5 heteroatoms. The van der Waals surface area contributed by atoms with Gasteiger partial charge in [0.05, 0.1) is 0 Å². The Hall–Kier alpha value is -2.56. The van der Waals surface area contributed by atoms with E-state index in [0.717, 1.165) is 0 Å². The molecular formula is C15H15FN2O2. The molecule has 0 aliphatic rings. The highest BCUT2D eigenvalue weighted by Crippen LogP contribution is 2.19. The standard InChI is InChI=1S/C15H15FN2O2/c1-10-3-2-4-13(15(10)16)20-9-14(19)18-12-7-5-11(17)6-8-12/h2-8H,9,17H2,1H3,(H,18,19). The Morgan fingerprint density at radius 1 is 1.25 bits per heavy atom. The molecule has 0 atom stereocenters. The van der Waals surface area contributed by atoms with Crippen molar-refractivity contribution < 1.29 is 13.9 Å². The second-order valence-electron chi connectivity index (χ2n) is 4.35. The van der Waals surface area contributed by atoms with Gasteiger partial charge >= 0.3 is 0 Å². The smallest absolute Gasteiger partial charge is 0.262 e. The number of hydrogen-bond acceptors (Lipinski definition) is 3. The Bertz CT molecular complexity index is 612. The van der Waals surface area contributed by atoms with Gasteiger partial charge in [-0.1, -0.05) is 12.1 Å². The van der Waals surface area contributed by atoms with Gasteiger partial charge < -0.3 is 15.8 Å². The van der Waals surface area contributed by atoms with Crippen LogP contribution in [0.1, 0.15) is 5.56 Å². The van der Waals surface area contributed by atoms with E-state index in [1.165, 1.54) is 6.07 Å². The lowest BCUT2D eigenvalue weighted by molar-refractivity contribution is -0.118. The summed E-state index contributed by atoms with van der Waals surface area (Å²) in [6, 6.07) is 11.5. The van der Waals surface area contributed by atoms with Crippen LogP contribution in [0.25, 0.3) is 0 Å². The van der Waals surface area contributed by atoms with Crippen LogP contribution in [-0.2, 0) is 4.79 Å². The van der Waals surface area contributed by atoms with Crippen molar-refractivity contribution in [1.29, 1.82) is 0 Å². The Balaban J connectivity index is 1.92. The number of benzene rings is 2. The summed E-state index contributed by atoms with van der Waals surface area (Å²) < 4.78 is 18.8. The zero-order valence-electron chi connectivity index (χ0n) is 11.0. The monoisotopic (exact) mass is 274 g/mol. The zero-order valence-corrected chi connectivity index (χ0v) is 11.0. The quantitative estimate of drug-likeness (QED) is 0.842. The molecule has 0 spiro atoms. The maximum Gasteiger partial charge on any atom is 0.262 e. The molecule has 0 aliphatic carbocycles. The number of halogens is 1. The summed E-state index contributed by atoms with van der Waals surface area (Å²) in [6.07, 6.45) is 0. The fourth-order valence-electron chi connectivity index (χ4n) is 1.64. The number of hydrogen-bond donors (Lipinski definition) is 2. The first-order chi connectivity index (χ1) is 9.56. The van der Waals surface area contributed by atoms with E-state index in [4.69, 9.17) is 10.5 Å². The average molecular weight is 274 g/mol. The van der Waals surface area contributed by atoms with E-state index < -0.39 is 5.82 Å². The molecule has 2 rings (SSSR count). The molecule has 0 aliphatic heterocycles. The highest BCUT2D eigenvalue weighted by Gasteiger charge is 2.08. The summed E-state index contributed by atoms with van der Waals surface area (Å²) in [7, 11) is 0. The fraction of sp³-hybridized carbons (Fsp3) is 0.133. The molecule has 0 unspecified atom stereocenters. The van der Waals surface area contributed by atoms with E-state index in [2.05, 4.69) is 5.32 Å². The van der Waals surface area contributed by atoms with Gasteiger partial charge in [-0.2, -0.15) is 0 Å². The van der Waals surface area contributed by atoms with Gasteiger partial charge in [-0.05, 0) is 42.8 Å². The van der Waals surface area contributed by atoms with E-state index in [-0.39, 0.29) is 18.3 Å². The molecule has 3 N–H and O–H groups in total. The van der Waals surface area contributed by atoms with Crippen LogP contribution in [0.5, 0.6) is 5.75 Å². The van der Waals surface area contributed by atoms with Gasteiger partial charge in [0.15, 0.2) is 18.2 Å². The number of aryl methyl sites for hydroxylation is 1. The molecule has 0 aromatic heterocycles. The average Bonchev–Trinajstić information content (AvgIpc) is 2.43. The van der Waals surface area contributed by atoms with Crippen LogP contribution >= 0.6 is 0 Å². The van der Waals surface area contributed by atoms with Crippen molar-refractivity contribution in [3.05, 3.63) is 53.8 Å². The maximum absolute atomic E-state index is 13.7. The maximum atomic E-state index is 13.7. The summed E-state index contributed by atoms with van der Waals surface area (Å²) in [5.41, 5.74) is 7.24. The van der Waals surface area contributed by atoms with Crippen LogP contribution in [0.15, 0.2) is 42.5 Å². The third-order valence-corrected chi connectivity index (χ3v) is 2.71. The summed E-state index contributed by atoms with van der Waals surface area (Å²) in [5, 5.41) is 2.63. The van der Waals surface area contributed by atoms with E-state index in [9.17, 15) is 9.18 Å². The van der Waals surface area contributed by atoms with Gasteiger partial charge in [-0.3, -0.25) is 4.79 Å². The number of anilines is 2. The number of carbonyl (C=O) groups is 1. The van der Waals surface area contributed by atoms with E-state index in [1.807, 2.05) is 0 Å². The largest absolute Gasteiger partial charge is 0.481 e. The van der Waals surface area contributed by atoms with Crippen LogP contribution in [0.4, 0.5) is 15.8 Å². The van der Waals surface area contributed by atoms with Gasteiger partial charge in [-0.15, -0.1) is 0 Å². The Labute approximate surface area is 116 Å². The molecule has 0 fully saturated rings. The van der Waals surface area contributed by atoms with Crippen LogP contribution in [0.2, 0.25) is 0 Å². The summed E-state index contributed by atoms with van der Waals surface area (Å²) >= 11 is 0. The minimum absolute atomic E-state index is 0.0671. The van der Waals surface area contributed by atoms with E-state index in [1.54, 1.807) is 43.3 Å². The number of carbonyl (C=O) groups excluding carboxylic acids is 1. The first kappa shape index (κ1) is 13.9. The van der Waals surface area contributed by atoms with Gasteiger partial charge in [-0.25, -0.2) is 4.39 Å².